The van der Waals surface area contributed by atoms with Crippen LogP contribution in [0.2, 0.25) is 0 Å². The summed E-state index contributed by atoms with van der Waals surface area (Å²) in [6, 6.07) is 0.453. The molecule has 108 valence electrons. The Morgan fingerprint density at radius 2 is 1.79 bits per heavy atom. The SMILES string of the molecule is OCc1nc(OC(F)(F)F)c(C(F)(F)F)cc1CBr. The van der Waals surface area contributed by atoms with Crippen molar-refractivity contribution in [3.05, 3.63) is 22.9 Å². The van der Waals surface area contributed by atoms with Crippen LogP contribution in [0.5, 0.6) is 5.88 Å². The van der Waals surface area contributed by atoms with Gasteiger partial charge in [0.25, 0.3) is 0 Å². The monoisotopic (exact) mass is 353 g/mol. The molecule has 19 heavy (non-hydrogen) atoms. The van der Waals surface area contributed by atoms with Crippen molar-refractivity contribution in [2.75, 3.05) is 0 Å². The maximum Gasteiger partial charge on any atom is 0.574 e. The van der Waals surface area contributed by atoms with Crippen molar-refractivity contribution in [3.63, 3.8) is 0 Å². The van der Waals surface area contributed by atoms with Gasteiger partial charge in [0, 0.05) is 5.33 Å². The molecule has 0 fully saturated rings. The van der Waals surface area contributed by atoms with E-state index in [2.05, 4.69) is 25.7 Å². The van der Waals surface area contributed by atoms with E-state index in [-0.39, 0.29) is 16.6 Å². The average Bonchev–Trinajstić information content (AvgIpc) is 2.24. The van der Waals surface area contributed by atoms with Crippen LogP contribution in [-0.4, -0.2) is 16.5 Å². The number of halogens is 7. The molecule has 0 aliphatic carbocycles. The van der Waals surface area contributed by atoms with Crippen molar-refractivity contribution in [2.45, 2.75) is 24.5 Å². The number of alkyl halides is 7. The molecular weight excluding hydrogens is 348 g/mol. The number of aromatic nitrogens is 1. The van der Waals surface area contributed by atoms with Crippen LogP contribution in [0.4, 0.5) is 26.3 Å². The summed E-state index contributed by atoms with van der Waals surface area (Å²) >= 11 is 2.85. The maximum absolute atomic E-state index is 12.6. The van der Waals surface area contributed by atoms with Gasteiger partial charge < -0.3 is 9.84 Å². The van der Waals surface area contributed by atoms with Gasteiger partial charge in [0.15, 0.2) is 0 Å². The highest BCUT2D eigenvalue weighted by Gasteiger charge is 2.41. The molecule has 0 atom stereocenters. The second-order valence-corrected chi connectivity index (χ2v) is 3.84. The Morgan fingerprint density at radius 1 is 1.21 bits per heavy atom. The van der Waals surface area contributed by atoms with Crippen molar-refractivity contribution in [2.24, 2.45) is 0 Å². The second kappa shape index (κ2) is 5.53. The van der Waals surface area contributed by atoms with Gasteiger partial charge in [-0.3, -0.25) is 0 Å². The number of ether oxygens (including phenoxy) is 1. The lowest BCUT2D eigenvalue weighted by atomic mass is 10.1. The third-order valence-electron chi connectivity index (χ3n) is 1.97. The fourth-order valence-corrected chi connectivity index (χ4v) is 1.70. The molecule has 0 saturated carbocycles. The van der Waals surface area contributed by atoms with Crippen molar-refractivity contribution >= 4 is 15.9 Å². The standard InChI is InChI=1S/C9H6BrF6NO2/c10-2-4-1-5(8(11,12)13)7(17-6(4)3-18)19-9(14,15)16/h1,18H,2-3H2. The highest BCUT2D eigenvalue weighted by atomic mass is 79.9. The minimum absolute atomic E-state index is 0.0793. The Labute approximate surface area is 111 Å². The first-order valence-corrected chi connectivity index (χ1v) is 5.73. The molecule has 1 heterocycles. The minimum Gasteiger partial charge on any atom is -0.390 e. The number of rotatable bonds is 3. The van der Waals surface area contributed by atoms with Crippen LogP contribution in [0.25, 0.3) is 0 Å². The Morgan fingerprint density at radius 3 is 2.16 bits per heavy atom. The largest absolute Gasteiger partial charge is 0.574 e. The molecule has 1 aromatic rings. The molecule has 0 amide bonds. The van der Waals surface area contributed by atoms with Crippen LogP contribution < -0.4 is 4.74 Å². The van der Waals surface area contributed by atoms with E-state index in [1.807, 2.05) is 0 Å². The van der Waals surface area contributed by atoms with Crippen molar-refractivity contribution in [1.82, 2.24) is 4.98 Å². The summed E-state index contributed by atoms with van der Waals surface area (Å²) in [5.41, 5.74) is -2.06. The molecule has 0 aliphatic heterocycles. The van der Waals surface area contributed by atoms with E-state index in [1.54, 1.807) is 0 Å². The first-order valence-electron chi connectivity index (χ1n) is 4.61. The zero-order chi connectivity index (χ0) is 14.8. The van der Waals surface area contributed by atoms with Gasteiger partial charge in [-0.2, -0.15) is 13.2 Å². The summed E-state index contributed by atoms with van der Waals surface area (Å²) in [6.07, 6.45) is -10.4. The Bertz CT molecular complexity index is 459. The fraction of sp³-hybridized carbons (Fsp3) is 0.444. The summed E-state index contributed by atoms with van der Waals surface area (Å²) < 4.78 is 77.2. The lowest BCUT2D eigenvalue weighted by Crippen LogP contribution is -2.22. The molecule has 0 radical (unpaired) electrons. The normalized spacial score (nSPS) is 12.6. The van der Waals surface area contributed by atoms with E-state index in [9.17, 15) is 26.3 Å². The predicted octanol–water partition coefficient (Wildman–Crippen LogP) is 3.39. The number of hydrogen-bond donors (Lipinski definition) is 1. The van der Waals surface area contributed by atoms with Gasteiger partial charge in [-0.05, 0) is 11.6 Å². The highest BCUT2D eigenvalue weighted by molar-refractivity contribution is 9.08. The smallest absolute Gasteiger partial charge is 0.390 e. The molecular formula is C9H6BrF6NO2. The number of aliphatic hydroxyl groups is 1. The van der Waals surface area contributed by atoms with Crippen molar-refractivity contribution < 1.29 is 36.2 Å². The van der Waals surface area contributed by atoms with Gasteiger partial charge in [-0.25, -0.2) is 4.98 Å². The number of nitrogens with zero attached hydrogens (tertiary/aromatic N) is 1. The molecule has 1 N–H and O–H groups in total. The Balaban J connectivity index is 3.41. The first-order chi connectivity index (χ1) is 8.58. The summed E-state index contributed by atoms with van der Waals surface area (Å²) in [4.78, 5) is 3.07. The molecule has 0 aromatic carbocycles. The summed E-state index contributed by atoms with van der Waals surface area (Å²) in [6.45, 7) is -0.812. The third-order valence-corrected chi connectivity index (χ3v) is 2.57. The first kappa shape index (κ1) is 16.0. The third kappa shape index (κ3) is 4.23. The lowest BCUT2D eigenvalue weighted by Gasteiger charge is -2.16. The zero-order valence-corrected chi connectivity index (χ0v) is 10.5. The van der Waals surface area contributed by atoms with Crippen LogP contribution in [0.15, 0.2) is 6.07 Å². The summed E-state index contributed by atoms with van der Waals surface area (Å²) in [7, 11) is 0. The molecule has 10 heteroatoms. The van der Waals surface area contributed by atoms with Crippen LogP contribution in [-0.2, 0) is 18.1 Å². The van der Waals surface area contributed by atoms with Crippen LogP contribution >= 0.6 is 15.9 Å². The van der Waals surface area contributed by atoms with E-state index in [1.165, 1.54) is 0 Å². The molecule has 0 spiro atoms. The number of pyridine rings is 1. The number of aliphatic hydroxyl groups excluding tert-OH is 1. The van der Waals surface area contributed by atoms with E-state index in [0.717, 1.165) is 0 Å². The van der Waals surface area contributed by atoms with Gasteiger partial charge in [0.1, 0.15) is 5.56 Å². The molecule has 0 bridgehead atoms. The van der Waals surface area contributed by atoms with Crippen LogP contribution in [0, 0.1) is 0 Å². The van der Waals surface area contributed by atoms with Crippen LogP contribution in [0.1, 0.15) is 16.8 Å². The van der Waals surface area contributed by atoms with Crippen molar-refractivity contribution in [3.8, 4) is 5.88 Å². The summed E-state index contributed by atoms with van der Waals surface area (Å²) in [5, 5.41) is 8.76. The van der Waals surface area contributed by atoms with Gasteiger partial charge in [-0.15, -0.1) is 13.2 Å². The predicted molar refractivity (Wildman–Crippen MR) is 54.5 cm³/mol. The average molecular weight is 354 g/mol. The van der Waals surface area contributed by atoms with E-state index in [0.29, 0.717) is 6.07 Å². The topological polar surface area (TPSA) is 42.4 Å². The molecule has 0 unspecified atom stereocenters. The van der Waals surface area contributed by atoms with Crippen LogP contribution in [0.3, 0.4) is 0 Å². The molecule has 0 aliphatic rings. The molecule has 1 aromatic heterocycles. The van der Waals surface area contributed by atoms with E-state index >= 15 is 0 Å². The van der Waals surface area contributed by atoms with Gasteiger partial charge in [0.05, 0.1) is 12.3 Å². The van der Waals surface area contributed by atoms with Crippen molar-refractivity contribution in [1.29, 1.82) is 0 Å². The minimum atomic E-state index is -5.31. The zero-order valence-electron chi connectivity index (χ0n) is 8.94. The Hall–Kier alpha value is -1.03. The quantitative estimate of drug-likeness (QED) is 0.669. The molecule has 3 nitrogen and oxygen atoms in total. The Kier molecular flexibility index (Phi) is 4.67. The molecule has 0 saturated heterocycles. The number of hydrogen-bond acceptors (Lipinski definition) is 3. The van der Waals surface area contributed by atoms with E-state index < -0.39 is 30.6 Å². The molecule has 1 rings (SSSR count). The summed E-state index contributed by atoms with van der Waals surface area (Å²) in [5.74, 6) is -1.63. The maximum atomic E-state index is 12.6. The lowest BCUT2D eigenvalue weighted by molar-refractivity contribution is -0.278. The van der Waals surface area contributed by atoms with E-state index in [4.69, 9.17) is 5.11 Å². The van der Waals surface area contributed by atoms with Gasteiger partial charge >= 0.3 is 12.5 Å². The van der Waals surface area contributed by atoms with Gasteiger partial charge in [0.2, 0.25) is 5.88 Å². The van der Waals surface area contributed by atoms with Gasteiger partial charge in [-0.1, -0.05) is 15.9 Å². The highest BCUT2D eigenvalue weighted by Crippen LogP contribution is 2.38. The fourth-order valence-electron chi connectivity index (χ4n) is 1.22. The second-order valence-electron chi connectivity index (χ2n) is 3.28.